The molecule has 0 aliphatic carbocycles. The monoisotopic (exact) mass is 334 g/mol. The molecular weight excluding hydrogens is 312 g/mol. The lowest BCUT2D eigenvalue weighted by Crippen LogP contribution is -2.36. The highest BCUT2D eigenvalue weighted by atomic mass is 16.6. The van der Waals surface area contributed by atoms with Gasteiger partial charge < -0.3 is 9.47 Å². The van der Waals surface area contributed by atoms with Crippen molar-refractivity contribution in [3.63, 3.8) is 0 Å². The number of ether oxygens (including phenoxy) is 2. The summed E-state index contributed by atoms with van der Waals surface area (Å²) in [5, 5.41) is 0. The lowest BCUT2D eigenvalue weighted by atomic mass is 10.1. The van der Waals surface area contributed by atoms with Gasteiger partial charge >= 0.3 is 11.9 Å². The Balaban J connectivity index is 2.43. The smallest absolute Gasteiger partial charge is 0.356 e. The summed E-state index contributed by atoms with van der Waals surface area (Å²) in [4.78, 5) is 42.0. The second-order valence-electron chi connectivity index (χ2n) is 6.60. The number of amides is 1. The van der Waals surface area contributed by atoms with Crippen LogP contribution in [0.4, 0.5) is 5.82 Å². The molecule has 0 atom stereocenters. The van der Waals surface area contributed by atoms with E-state index in [4.69, 9.17) is 4.74 Å². The molecule has 7 nitrogen and oxygen atoms in total. The predicted octanol–water partition coefficient (Wildman–Crippen LogP) is 2.34. The van der Waals surface area contributed by atoms with E-state index in [-0.39, 0.29) is 23.0 Å². The van der Waals surface area contributed by atoms with E-state index in [0.29, 0.717) is 13.0 Å². The van der Waals surface area contributed by atoms with Gasteiger partial charge in [0.1, 0.15) is 11.4 Å². The topological polar surface area (TPSA) is 85.8 Å². The summed E-state index contributed by atoms with van der Waals surface area (Å²) in [6.07, 6.45) is 2.09. The number of hydrogen-bond acceptors (Lipinski definition) is 6. The van der Waals surface area contributed by atoms with Crippen LogP contribution in [0.25, 0.3) is 0 Å². The van der Waals surface area contributed by atoms with Crippen LogP contribution < -0.4 is 4.90 Å². The van der Waals surface area contributed by atoms with Gasteiger partial charge in [-0.05, 0) is 45.7 Å². The maximum absolute atomic E-state index is 12.3. The first-order chi connectivity index (χ1) is 11.2. The minimum Gasteiger partial charge on any atom is -0.464 e. The molecule has 2 heterocycles. The van der Waals surface area contributed by atoms with Gasteiger partial charge in [0.15, 0.2) is 5.69 Å². The van der Waals surface area contributed by atoms with E-state index < -0.39 is 17.5 Å². The van der Waals surface area contributed by atoms with Crippen molar-refractivity contribution >= 4 is 23.7 Å². The van der Waals surface area contributed by atoms with Crippen molar-refractivity contribution in [1.82, 2.24) is 4.98 Å². The lowest BCUT2D eigenvalue weighted by molar-refractivity contribution is -0.119. The van der Waals surface area contributed by atoms with Gasteiger partial charge in [-0.15, -0.1) is 0 Å². The Morgan fingerprint density at radius 1 is 1.17 bits per heavy atom. The molecule has 1 aliphatic rings. The standard InChI is InChI=1S/C17H22N2O5/c1-17(2,3)24-15(21)11-9-12(16(22)23-4)18-13(10-11)19-8-6-5-7-14(19)20/h9-10H,5-8H2,1-4H3. The molecule has 1 amide bonds. The quantitative estimate of drug-likeness (QED) is 0.789. The molecule has 7 heteroatoms. The fraction of sp³-hybridized carbons (Fsp3) is 0.529. The van der Waals surface area contributed by atoms with Crippen molar-refractivity contribution in [3.8, 4) is 0 Å². The molecule has 24 heavy (non-hydrogen) atoms. The Morgan fingerprint density at radius 3 is 2.46 bits per heavy atom. The molecule has 1 aromatic heterocycles. The van der Waals surface area contributed by atoms with E-state index in [9.17, 15) is 14.4 Å². The summed E-state index contributed by atoms with van der Waals surface area (Å²) in [7, 11) is 1.23. The van der Waals surface area contributed by atoms with Crippen LogP contribution in [0.3, 0.4) is 0 Å². The second-order valence-corrected chi connectivity index (χ2v) is 6.60. The summed E-state index contributed by atoms with van der Waals surface area (Å²) in [6, 6.07) is 2.79. The summed E-state index contributed by atoms with van der Waals surface area (Å²) in [5.41, 5.74) is -0.546. The summed E-state index contributed by atoms with van der Waals surface area (Å²) >= 11 is 0. The van der Waals surface area contributed by atoms with Crippen LogP contribution in [0.5, 0.6) is 0 Å². The van der Waals surface area contributed by atoms with Gasteiger partial charge in [0.25, 0.3) is 0 Å². The first-order valence-corrected chi connectivity index (χ1v) is 7.85. The largest absolute Gasteiger partial charge is 0.464 e. The van der Waals surface area contributed by atoms with Crippen molar-refractivity contribution in [2.75, 3.05) is 18.6 Å². The first kappa shape index (κ1) is 17.9. The third-order valence-electron chi connectivity index (χ3n) is 3.44. The van der Waals surface area contributed by atoms with E-state index in [2.05, 4.69) is 9.72 Å². The number of methoxy groups -OCH3 is 1. The maximum atomic E-state index is 12.3. The molecule has 1 aromatic rings. The minimum absolute atomic E-state index is 0.0331. The summed E-state index contributed by atoms with van der Waals surface area (Å²) < 4.78 is 10.0. The number of nitrogens with zero attached hydrogens (tertiary/aromatic N) is 2. The Kier molecular flexibility index (Phi) is 5.21. The van der Waals surface area contributed by atoms with Crippen molar-refractivity contribution < 1.29 is 23.9 Å². The first-order valence-electron chi connectivity index (χ1n) is 7.85. The molecule has 0 spiro atoms. The zero-order valence-corrected chi connectivity index (χ0v) is 14.4. The fourth-order valence-electron chi connectivity index (χ4n) is 2.37. The third-order valence-corrected chi connectivity index (χ3v) is 3.44. The molecule has 0 aromatic carbocycles. The van der Waals surface area contributed by atoms with Crippen molar-refractivity contribution in [2.24, 2.45) is 0 Å². The predicted molar refractivity (Wildman–Crippen MR) is 86.9 cm³/mol. The van der Waals surface area contributed by atoms with Gasteiger partial charge in [0.2, 0.25) is 5.91 Å². The number of hydrogen-bond donors (Lipinski definition) is 0. The van der Waals surface area contributed by atoms with Crippen molar-refractivity contribution in [2.45, 2.75) is 45.6 Å². The molecule has 0 radical (unpaired) electrons. The SMILES string of the molecule is COC(=O)c1cc(C(=O)OC(C)(C)C)cc(N2CCCCC2=O)n1. The van der Waals surface area contributed by atoms with Gasteiger partial charge in [-0.25, -0.2) is 14.6 Å². The van der Waals surface area contributed by atoms with Gasteiger partial charge in [-0.3, -0.25) is 9.69 Å². The Hall–Kier alpha value is -2.44. The van der Waals surface area contributed by atoms with E-state index in [0.717, 1.165) is 12.8 Å². The summed E-state index contributed by atoms with van der Waals surface area (Å²) in [5.74, 6) is -1.07. The molecule has 0 N–H and O–H groups in total. The molecule has 0 unspecified atom stereocenters. The Morgan fingerprint density at radius 2 is 1.88 bits per heavy atom. The van der Waals surface area contributed by atoms with E-state index in [1.54, 1.807) is 20.8 Å². The van der Waals surface area contributed by atoms with Crippen LogP contribution >= 0.6 is 0 Å². The fourth-order valence-corrected chi connectivity index (χ4v) is 2.37. The Bertz CT molecular complexity index is 663. The number of carbonyl (C=O) groups excluding carboxylic acids is 3. The summed E-state index contributed by atoms with van der Waals surface area (Å²) in [6.45, 7) is 5.76. The number of carbonyl (C=O) groups is 3. The van der Waals surface area contributed by atoms with E-state index in [1.165, 1.54) is 24.1 Å². The molecular formula is C17H22N2O5. The Labute approximate surface area is 140 Å². The lowest BCUT2D eigenvalue weighted by Gasteiger charge is -2.26. The average molecular weight is 334 g/mol. The molecule has 1 saturated heterocycles. The number of rotatable bonds is 3. The zero-order valence-electron chi connectivity index (χ0n) is 14.4. The van der Waals surface area contributed by atoms with Gasteiger partial charge in [0, 0.05) is 13.0 Å². The van der Waals surface area contributed by atoms with Crippen LogP contribution in [0.1, 0.15) is 60.9 Å². The molecule has 0 saturated carbocycles. The highest BCUT2D eigenvalue weighted by Gasteiger charge is 2.25. The maximum Gasteiger partial charge on any atom is 0.356 e. The molecule has 0 bridgehead atoms. The minimum atomic E-state index is -0.675. The normalized spacial score (nSPS) is 15.2. The number of piperidine rings is 1. The molecule has 1 aliphatic heterocycles. The van der Waals surface area contributed by atoms with Crippen molar-refractivity contribution in [3.05, 3.63) is 23.4 Å². The zero-order chi connectivity index (χ0) is 17.9. The number of aromatic nitrogens is 1. The van der Waals surface area contributed by atoms with Crippen LogP contribution in [0.15, 0.2) is 12.1 Å². The highest BCUT2D eigenvalue weighted by Crippen LogP contribution is 2.22. The van der Waals surface area contributed by atoms with Gasteiger partial charge in [-0.1, -0.05) is 0 Å². The second kappa shape index (κ2) is 6.98. The van der Waals surface area contributed by atoms with Crippen LogP contribution in [-0.4, -0.2) is 42.1 Å². The molecule has 1 fully saturated rings. The van der Waals surface area contributed by atoms with Gasteiger partial charge in [0.05, 0.1) is 12.7 Å². The number of pyridine rings is 1. The highest BCUT2D eigenvalue weighted by molar-refractivity contribution is 5.98. The molecule has 130 valence electrons. The van der Waals surface area contributed by atoms with Crippen LogP contribution in [0, 0.1) is 0 Å². The number of anilines is 1. The van der Waals surface area contributed by atoms with Crippen molar-refractivity contribution in [1.29, 1.82) is 0 Å². The number of esters is 2. The van der Waals surface area contributed by atoms with E-state index in [1.807, 2.05) is 0 Å². The average Bonchev–Trinajstić information content (AvgIpc) is 2.52. The van der Waals surface area contributed by atoms with Gasteiger partial charge in [-0.2, -0.15) is 0 Å². The third kappa shape index (κ3) is 4.31. The van der Waals surface area contributed by atoms with Crippen LogP contribution in [0.2, 0.25) is 0 Å². The molecule has 2 rings (SSSR count). The van der Waals surface area contributed by atoms with E-state index >= 15 is 0 Å². The van der Waals surface area contributed by atoms with Crippen LogP contribution in [-0.2, 0) is 14.3 Å².